The van der Waals surface area contributed by atoms with Gasteiger partial charge in [0.05, 0.1) is 11.5 Å². The van der Waals surface area contributed by atoms with E-state index in [1.807, 2.05) is 24.3 Å². The van der Waals surface area contributed by atoms with Gasteiger partial charge in [0.15, 0.2) is 0 Å². The molecular weight excluding hydrogens is 334 g/mol. The summed E-state index contributed by atoms with van der Waals surface area (Å²) in [4.78, 5) is 14.9. The van der Waals surface area contributed by atoms with E-state index < -0.39 is 0 Å². The van der Waals surface area contributed by atoms with E-state index in [4.69, 9.17) is 9.84 Å². The van der Waals surface area contributed by atoms with Crippen LogP contribution in [-0.4, -0.2) is 24.2 Å². The van der Waals surface area contributed by atoms with Gasteiger partial charge in [0.25, 0.3) is 5.91 Å². The SMILES string of the molecule is Cc1sc(C(=O)NCc2ccc(OCCCO)cc2)c2c1[C@@H]1C[C@@H]1C2. The Morgan fingerprint density at radius 2 is 2.16 bits per heavy atom. The smallest absolute Gasteiger partial charge is 0.261 e. The van der Waals surface area contributed by atoms with Crippen LogP contribution >= 0.6 is 11.3 Å². The van der Waals surface area contributed by atoms with Gasteiger partial charge in [0.1, 0.15) is 5.75 Å². The number of hydrogen-bond acceptors (Lipinski definition) is 4. The number of thiophene rings is 1. The van der Waals surface area contributed by atoms with Gasteiger partial charge >= 0.3 is 0 Å². The van der Waals surface area contributed by atoms with Gasteiger partial charge in [-0.15, -0.1) is 11.3 Å². The molecule has 0 radical (unpaired) electrons. The van der Waals surface area contributed by atoms with E-state index in [1.54, 1.807) is 11.3 Å². The van der Waals surface area contributed by atoms with Gasteiger partial charge < -0.3 is 15.2 Å². The van der Waals surface area contributed by atoms with E-state index in [-0.39, 0.29) is 12.5 Å². The number of fused-ring (bicyclic) bond motifs is 3. The van der Waals surface area contributed by atoms with Gasteiger partial charge in [0.2, 0.25) is 0 Å². The fraction of sp³-hybridized carbons (Fsp3) is 0.450. The lowest BCUT2D eigenvalue weighted by Gasteiger charge is -2.08. The Labute approximate surface area is 151 Å². The predicted molar refractivity (Wildman–Crippen MR) is 98.4 cm³/mol. The van der Waals surface area contributed by atoms with E-state index in [1.165, 1.54) is 22.4 Å². The van der Waals surface area contributed by atoms with Crippen LogP contribution in [0.25, 0.3) is 0 Å². The summed E-state index contributed by atoms with van der Waals surface area (Å²) < 4.78 is 5.52. The molecule has 25 heavy (non-hydrogen) atoms. The van der Waals surface area contributed by atoms with Crippen molar-refractivity contribution in [2.24, 2.45) is 5.92 Å². The Balaban J connectivity index is 1.35. The summed E-state index contributed by atoms with van der Waals surface area (Å²) in [7, 11) is 0. The quantitative estimate of drug-likeness (QED) is 0.747. The zero-order valence-corrected chi connectivity index (χ0v) is 15.2. The lowest BCUT2D eigenvalue weighted by atomic mass is 10.1. The number of ether oxygens (including phenoxy) is 1. The standard InChI is InChI=1S/C20H23NO3S/c1-12-18-16-9-14(16)10-17(18)19(25-12)20(23)21-11-13-3-5-15(6-4-13)24-8-2-7-22/h3-6,14,16,22H,2,7-11H2,1H3,(H,21,23)/t14-,16-/m1/s1. The average molecular weight is 357 g/mol. The third kappa shape index (κ3) is 3.31. The molecule has 2 atom stereocenters. The van der Waals surface area contributed by atoms with E-state index in [2.05, 4.69) is 12.2 Å². The third-order valence-corrected chi connectivity index (χ3v) is 6.31. The molecule has 0 bridgehead atoms. The maximum absolute atomic E-state index is 12.6. The monoisotopic (exact) mass is 357 g/mol. The molecule has 1 aromatic heterocycles. The normalized spacial score (nSPS) is 20.1. The Morgan fingerprint density at radius 1 is 1.36 bits per heavy atom. The summed E-state index contributed by atoms with van der Waals surface area (Å²) in [5.74, 6) is 2.39. The zero-order valence-electron chi connectivity index (χ0n) is 14.4. The lowest BCUT2D eigenvalue weighted by molar-refractivity contribution is 0.0954. The highest BCUT2D eigenvalue weighted by Crippen LogP contribution is 2.59. The van der Waals surface area contributed by atoms with Gasteiger partial charge in [0, 0.05) is 24.4 Å². The first-order chi connectivity index (χ1) is 12.2. The molecule has 2 aromatic rings. The molecular formula is C20H23NO3S. The van der Waals surface area contributed by atoms with Crippen LogP contribution in [0.5, 0.6) is 5.75 Å². The van der Waals surface area contributed by atoms with Crippen LogP contribution in [0.15, 0.2) is 24.3 Å². The number of aryl methyl sites for hydroxylation is 1. The minimum Gasteiger partial charge on any atom is -0.494 e. The first-order valence-corrected chi connectivity index (χ1v) is 9.72. The zero-order chi connectivity index (χ0) is 17.4. The third-order valence-electron chi connectivity index (χ3n) is 5.15. The molecule has 1 saturated carbocycles. The number of rotatable bonds is 7. The Kier molecular flexibility index (Phi) is 4.52. The van der Waals surface area contributed by atoms with Crippen LogP contribution in [-0.2, 0) is 13.0 Å². The molecule has 1 amide bonds. The molecule has 5 heteroatoms. The van der Waals surface area contributed by atoms with Crippen LogP contribution in [0, 0.1) is 12.8 Å². The van der Waals surface area contributed by atoms with Crippen molar-refractivity contribution in [3.8, 4) is 5.75 Å². The van der Waals surface area contributed by atoms with Crippen molar-refractivity contribution in [2.75, 3.05) is 13.2 Å². The second kappa shape index (κ2) is 6.81. The highest BCUT2D eigenvalue weighted by molar-refractivity contribution is 7.14. The first-order valence-electron chi connectivity index (χ1n) is 8.90. The number of aliphatic hydroxyl groups excluding tert-OH is 1. The number of carbonyl (C=O) groups is 1. The van der Waals surface area contributed by atoms with Gasteiger partial charge in [-0.3, -0.25) is 4.79 Å². The molecule has 0 spiro atoms. The molecule has 1 aromatic carbocycles. The van der Waals surface area contributed by atoms with Crippen molar-refractivity contribution < 1.29 is 14.6 Å². The minimum atomic E-state index is 0.0546. The number of amides is 1. The molecule has 132 valence electrons. The summed E-state index contributed by atoms with van der Waals surface area (Å²) in [5.41, 5.74) is 3.84. The van der Waals surface area contributed by atoms with Gasteiger partial charge in [-0.1, -0.05) is 12.1 Å². The second-order valence-corrected chi connectivity index (χ2v) is 8.16. The molecule has 0 aliphatic heterocycles. The number of aliphatic hydroxyl groups is 1. The number of nitrogens with one attached hydrogen (secondary N) is 1. The number of carbonyl (C=O) groups excluding carboxylic acids is 1. The average Bonchev–Trinajstić information content (AvgIpc) is 3.15. The Bertz CT molecular complexity index is 781. The van der Waals surface area contributed by atoms with Crippen molar-refractivity contribution in [3.63, 3.8) is 0 Å². The van der Waals surface area contributed by atoms with Crippen molar-refractivity contribution in [1.29, 1.82) is 0 Å². The maximum atomic E-state index is 12.6. The Morgan fingerprint density at radius 3 is 2.92 bits per heavy atom. The topological polar surface area (TPSA) is 58.6 Å². The molecule has 4 nitrogen and oxygen atoms in total. The van der Waals surface area contributed by atoms with Crippen molar-refractivity contribution in [1.82, 2.24) is 5.32 Å². The van der Waals surface area contributed by atoms with E-state index >= 15 is 0 Å². The van der Waals surface area contributed by atoms with Crippen molar-refractivity contribution >= 4 is 17.2 Å². The Hall–Kier alpha value is -1.85. The predicted octanol–water partition coefficient (Wildman–Crippen LogP) is 3.41. The maximum Gasteiger partial charge on any atom is 0.261 e. The summed E-state index contributed by atoms with van der Waals surface area (Å²) in [5, 5.41) is 11.8. The van der Waals surface area contributed by atoms with Gasteiger partial charge in [-0.25, -0.2) is 0 Å². The second-order valence-electron chi connectivity index (χ2n) is 6.94. The van der Waals surface area contributed by atoms with E-state index in [0.29, 0.717) is 19.6 Å². The number of benzene rings is 1. The molecule has 1 heterocycles. The molecule has 4 rings (SSSR count). The highest BCUT2D eigenvalue weighted by Gasteiger charge is 2.48. The fourth-order valence-electron chi connectivity index (χ4n) is 3.79. The molecule has 2 aliphatic rings. The molecule has 0 saturated heterocycles. The summed E-state index contributed by atoms with van der Waals surface area (Å²) in [6.07, 6.45) is 3.04. The molecule has 1 fully saturated rings. The summed E-state index contributed by atoms with van der Waals surface area (Å²) in [6.45, 7) is 3.32. The highest BCUT2D eigenvalue weighted by atomic mass is 32.1. The van der Waals surface area contributed by atoms with Crippen molar-refractivity contribution in [2.45, 2.75) is 38.6 Å². The minimum absolute atomic E-state index is 0.0546. The summed E-state index contributed by atoms with van der Waals surface area (Å²) in [6, 6.07) is 7.74. The largest absolute Gasteiger partial charge is 0.494 e. The molecule has 0 unspecified atom stereocenters. The van der Waals surface area contributed by atoms with Gasteiger partial charge in [-0.2, -0.15) is 0 Å². The van der Waals surface area contributed by atoms with Crippen molar-refractivity contribution in [3.05, 3.63) is 50.7 Å². The van der Waals surface area contributed by atoms with Crippen LogP contribution < -0.4 is 10.1 Å². The van der Waals surface area contributed by atoms with Crippen LogP contribution in [0.3, 0.4) is 0 Å². The fourth-order valence-corrected chi connectivity index (χ4v) is 4.96. The first kappa shape index (κ1) is 16.6. The lowest BCUT2D eigenvalue weighted by Crippen LogP contribution is -2.22. The molecule has 2 N–H and O–H groups in total. The van der Waals surface area contributed by atoms with E-state index in [9.17, 15) is 4.79 Å². The van der Waals surface area contributed by atoms with Crippen LogP contribution in [0.2, 0.25) is 0 Å². The summed E-state index contributed by atoms with van der Waals surface area (Å²) >= 11 is 1.65. The van der Waals surface area contributed by atoms with Crippen LogP contribution in [0.1, 0.15) is 50.0 Å². The van der Waals surface area contributed by atoms with Crippen LogP contribution in [0.4, 0.5) is 0 Å². The van der Waals surface area contributed by atoms with E-state index in [0.717, 1.165) is 34.4 Å². The van der Waals surface area contributed by atoms with Gasteiger partial charge in [-0.05, 0) is 60.4 Å². The number of hydrogen-bond donors (Lipinski definition) is 2. The molecule has 2 aliphatic carbocycles.